The third kappa shape index (κ3) is 4.24. The molecular formula is C21H30N8O3. The molecule has 0 aromatic carbocycles. The number of ether oxygens (including phenoxy) is 1. The Bertz CT molecular complexity index is 1190. The molecule has 32 heavy (non-hydrogen) atoms. The van der Waals surface area contributed by atoms with Crippen LogP contribution in [0.3, 0.4) is 0 Å². The van der Waals surface area contributed by atoms with E-state index in [2.05, 4.69) is 31.7 Å². The lowest BCUT2D eigenvalue weighted by atomic mass is 10.3. The Hall–Kier alpha value is -3.21. The number of fused-ring (bicyclic) bond motifs is 1. The number of methoxy groups -OCH3 is 1. The van der Waals surface area contributed by atoms with Gasteiger partial charge >= 0.3 is 5.69 Å². The fraction of sp³-hybridized carbons (Fsp3) is 0.571. The molecule has 1 aliphatic rings. The van der Waals surface area contributed by atoms with Gasteiger partial charge in [-0.1, -0.05) is 13.3 Å². The van der Waals surface area contributed by atoms with E-state index in [1.807, 2.05) is 17.6 Å². The summed E-state index contributed by atoms with van der Waals surface area (Å²) in [6.07, 6.45) is 3.32. The monoisotopic (exact) mass is 442 g/mol. The van der Waals surface area contributed by atoms with E-state index >= 15 is 0 Å². The summed E-state index contributed by atoms with van der Waals surface area (Å²) in [5, 5.41) is 0. The molecule has 172 valence electrons. The van der Waals surface area contributed by atoms with E-state index < -0.39 is 5.69 Å². The minimum Gasteiger partial charge on any atom is -0.481 e. The second kappa shape index (κ2) is 9.51. The summed E-state index contributed by atoms with van der Waals surface area (Å²) in [6.45, 7) is 9.13. The molecule has 1 fully saturated rings. The fourth-order valence-electron chi connectivity index (χ4n) is 4.15. The van der Waals surface area contributed by atoms with Gasteiger partial charge < -0.3 is 14.2 Å². The lowest BCUT2D eigenvalue weighted by Crippen LogP contribution is -2.46. The molecule has 0 atom stereocenters. The zero-order chi connectivity index (χ0) is 22.7. The van der Waals surface area contributed by atoms with Crippen molar-refractivity contribution in [2.24, 2.45) is 0 Å². The number of rotatable bonds is 8. The maximum absolute atomic E-state index is 12.6. The normalized spacial score (nSPS) is 14.9. The van der Waals surface area contributed by atoms with Gasteiger partial charge in [0.15, 0.2) is 11.2 Å². The first-order valence-electron chi connectivity index (χ1n) is 11.1. The predicted octanol–water partition coefficient (Wildman–Crippen LogP) is 0.827. The Labute approximate surface area is 185 Å². The summed E-state index contributed by atoms with van der Waals surface area (Å²) >= 11 is 0. The maximum Gasteiger partial charge on any atom is 0.330 e. The molecule has 1 aliphatic heterocycles. The van der Waals surface area contributed by atoms with Gasteiger partial charge in [0.25, 0.3) is 5.56 Å². The first kappa shape index (κ1) is 22.0. The standard InChI is InChI=1S/C21H30N8O3/c1-4-6-7-29-19-18(20(30)25-21(29)31)28(5-2)16(24-19)13-26-8-10-27(11-9-26)15-12-17(32-3)23-14-22-15/h12,14H,4-11,13H2,1-3H3,(H,25,30,31). The molecule has 11 nitrogen and oxygen atoms in total. The molecule has 1 saturated heterocycles. The molecule has 4 rings (SSSR count). The molecule has 3 aromatic rings. The van der Waals surface area contributed by atoms with Gasteiger partial charge in [-0.25, -0.2) is 19.7 Å². The molecule has 3 aromatic heterocycles. The van der Waals surface area contributed by atoms with Crippen LogP contribution >= 0.6 is 0 Å². The van der Waals surface area contributed by atoms with Gasteiger partial charge in [-0.2, -0.15) is 0 Å². The first-order chi connectivity index (χ1) is 15.5. The van der Waals surface area contributed by atoms with Crippen molar-refractivity contribution >= 4 is 17.0 Å². The van der Waals surface area contributed by atoms with Crippen LogP contribution in [-0.4, -0.2) is 67.3 Å². The van der Waals surface area contributed by atoms with Crippen molar-refractivity contribution in [1.29, 1.82) is 0 Å². The van der Waals surface area contributed by atoms with Crippen LogP contribution in [0, 0.1) is 0 Å². The van der Waals surface area contributed by atoms with E-state index in [0.717, 1.165) is 50.7 Å². The van der Waals surface area contributed by atoms with Gasteiger partial charge in [-0.05, 0) is 13.3 Å². The molecule has 0 aliphatic carbocycles. The van der Waals surface area contributed by atoms with Gasteiger partial charge in [0, 0.05) is 45.3 Å². The van der Waals surface area contributed by atoms with E-state index in [0.29, 0.717) is 36.7 Å². The number of imidazole rings is 1. The average Bonchev–Trinajstić information content (AvgIpc) is 3.18. The summed E-state index contributed by atoms with van der Waals surface area (Å²) in [6, 6.07) is 1.84. The van der Waals surface area contributed by atoms with Crippen LogP contribution in [0.1, 0.15) is 32.5 Å². The van der Waals surface area contributed by atoms with Crippen molar-refractivity contribution < 1.29 is 4.74 Å². The molecule has 0 amide bonds. The molecule has 0 spiro atoms. The number of hydrogen-bond acceptors (Lipinski definition) is 8. The lowest BCUT2D eigenvalue weighted by Gasteiger charge is -2.35. The molecule has 1 N–H and O–H groups in total. The Morgan fingerprint density at radius 2 is 1.88 bits per heavy atom. The highest BCUT2D eigenvalue weighted by Gasteiger charge is 2.23. The van der Waals surface area contributed by atoms with Crippen LogP contribution in [-0.2, 0) is 19.6 Å². The minimum absolute atomic E-state index is 0.374. The van der Waals surface area contributed by atoms with Gasteiger partial charge in [0.1, 0.15) is 18.0 Å². The van der Waals surface area contributed by atoms with Crippen LogP contribution in [0.25, 0.3) is 11.2 Å². The third-order valence-corrected chi connectivity index (χ3v) is 5.91. The molecule has 0 bridgehead atoms. The molecule has 4 heterocycles. The van der Waals surface area contributed by atoms with E-state index in [-0.39, 0.29) is 5.56 Å². The average molecular weight is 443 g/mol. The summed E-state index contributed by atoms with van der Waals surface area (Å²) < 4.78 is 8.72. The Kier molecular flexibility index (Phi) is 6.54. The van der Waals surface area contributed by atoms with Crippen LogP contribution in [0.15, 0.2) is 22.0 Å². The number of aromatic nitrogens is 6. The van der Waals surface area contributed by atoms with Gasteiger partial charge in [0.05, 0.1) is 13.7 Å². The highest BCUT2D eigenvalue weighted by molar-refractivity contribution is 5.71. The Morgan fingerprint density at radius 1 is 1.09 bits per heavy atom. The summed E-state index contributed by atoms with van der Waals surface area (Å²) in [5.41, 5.74) is 0.193. The van der Waals surface area contributed by atoms with Gasteiger partial charge in [0.2, 0.25) is 5.88 Å². The number of H-pyrrole nitrogens is 1. The zero-order valence-electron chi connectivity index (χ0n) is 18.9. The molecular weight excluding hydrogens is 412 g/mol. The number of nitrogens with one attached hydrogen (secondary N) is 1. The fourth-order valence-corrected chi connectivity index (χ4v) is 4.15. The van der Waals surface area contributed by atoms with Crippen molar-refractivity contribution in [1.82, 2.24) is 34.0 Å². The summed E-state index contributed by atoms with van der Waals surface area (Å²) in [7, 11) is 1.59. The van der Waals surface area contributed by atoms with E-state index in [4.69, 9.17) is 9.72 Å². The van der Waals surface area contributed by atoms with Crippen LogP contribution in [0.5, 0.6) is 5.88 Å². The minimum atomic E-state index is -0.392. The topological polar surface area (TPSA) is 114 Å². The van der Waals surface area contributed by atoms with E-state index in [1.54, 1.807) is 11.7 Å². The highest BCUT2D eigenvalue weighted by atomic mass is 16.5. The largest absolute Gasteiger partial charge is 0.481 e. The van der Waals surface area contributed by atoms with Crippen molar-refractivity contribution in [3.63, 3.8) is 0 Å². The number of unbranched alkanes of at least 4 members (excludes halogenated alkanes) is 1. The van der Waals surface area contributed by atoms with E-state index in [1.165, 1.54) is 6.33 Å². The van der Waals surface area contributed by atoms with Crippen molar-refractivity contribution in [3.8, 4) is 5.88 Å². The van der Waals surface area contributed by atoms with Crippen molar-refractivity contribution in [3.05, 3.63) is 39.1 Å². The SMILES string of the molecule is CCCCn1c(=O)[nH]c(=O)c2c1nc(CN1CCN(c3cc(OC)ncn3)CC1)n2CC. The number of piperazine rings is 1. The predicted molar refractivity (Wildman–Crippen MR) is 121 cm³/mol. The molecule has 0 saturated carbocycles. The summed E-state index contributed by atoms with van der Waals surface area (Å²) in [5.74, 6) is 2.21. The second-order valence-corrected chi connectivity index (χ2v) is 7.89. The van der Waals surface area contributed by atoms with Crippen molar-refractivity contribution in [2.45, 2.75) is 46.3 Å². The maximum atomic E-state index is 12.6. The van der Waals surface area contributed by atoms with Crippen LogP contribution < -0.4 is 20.9 Å². The number of aryl methyl sites for hydroxylation is 2. The number of hydrogen-bond donors (Lipinski definition) is 1. The molecule has 0 radical (unpaired) electrons. The van der Waals surface area contributed by atoms with E-state index in [9.17, 15) is 9.59 Å². The number of aromatic amines is 1. The number of anilines is 1. The molecule has 11 heteroatoms. The van der Waals surface area contributed by atoms with Gasteiger partial charge in [-0.3, -0.25) is 19.2 Å². The van der Waals surface area contributed by atoms with Crippen molar-refractivity contribution in [2.75, 3.05) is 38.2 Å². The van der Waals surface area contributed by atoms with Gasteiger partial charge in [-0.15, -0.1) is 0 Å². The highest BCUT2D eigenvalue weighted by Crippen LogP contribution is 2.19. The summed E-state index contributed by atoms with van der Waals surface area (Å²) in [4.78, 5) is 45.2. The van der Waals surface area contributed by atoms with Crippen LogP contribution in [0.4, 0.5) is 5.82 Å². The first-order valence-corrected chi connectivity index (χ1v) is 11.1. The Balaban J connectivity index is 1.55. The van der Waals surface area contributed by atoms with Crippen LogP contribution in [0.2, 0.25) is 0 Å². The smallest absolute Gasteiger partial charge is 0.330 e. The third-order valence-electron chi connectivity index (χ3n) is 5.91. The lowest BCUT2D eigenvalue weighted by molar-refractivity contribution is 0.240. The molecule has 0 unspecified atom stereocenters. The Morgan fingerprint density at radius 3 is 2.56 bits per heavy atom. The quantitative estimate of drug-likeness (QED) is 0.546. The second-order valence-electron chi connectivity index (χ2n) is 7.89. The zero-order valence-corrected chi connectivity index (χ0v) is 18.9. The number of nitrogens with zero attached hydrogens (tertiary/aromatic N) is 7.